The molecule has 1 N–H and O–H groups in total. The Morgan fingerprint density at radius 1 is 1.03 bits per heavy atom. The standard InChI is InChI=1S/C29H40O3/c1-26(2)14-8-15-27(3)22(26)18-24(32-25(30)12-11-20-9-6-5-7-10-20)29-16-13-21(17-23(27)29)28(4,31)19-29/h5-7,9-12,21-24,31H,8,13-19H2,1-4H3/b12-11+. The van der Waals surface area contributed by atoms with Crippen LogP contribution in [0.3, 0.4) is 0 Å². The van der Waals surface area contributed by atoms with E-state index in [0.717, 1.165) is 37.7 Å². The Morgan fingerprint density at radius 2 is 1.78 bits per heavy atom. The average molecular weight is 437 g/mol. The fraction of sp³-hybridized carbons (Fsp3) is 0.690. The summed E-state index contributed by atoms with van der Waals surface area (Å²) in [5.41, 5.74) is 0.809. The van der Waals surface area contributed by atoms with Crippen LogP contribution in [0.1, 0.15) is 84.6 Å². The molecule has 0 radical (unpaired) electrons. The van der Waals surface area contributed by atoms with E-state index in [1.165, 1.54) is 19.3 Å². The van der Waals surface area contributed by atoms with E-state index in [4.69, 9.17) is 4.74 Å². The van der Waals surface area contributed by atoms with Gasteiger partial charge in [-0.25, -0.2) is 4.79 Å². The first-order valence-corrected chi connectivity index (χ1v) is 12.7. The molecule has 3 nitrogen and oxygen atoms in total. The van der Waals surface area contributed by atoms with Crippen molar-refractivity contribution in [3.63, 3.8) is 0 Å². The van der Waals surface area contributed by atoms with Gasteiger partial charge in [-0.2, -0.15) is 0 Å². The summed E-state index contributed by atoms with van der Waals surface area (Å²) in [6, 6.07) is 9.92. The second-order valence-electron chi connectivity index (χ2n) is 12.6. The van der Waals surface area contributed by atoms with Gasteiger partial charge in [-0.15, -0.1) is 0 Å². The van der Waals surface area contributed by atoms with Crippen molar-refractivity contribution in [3.8, 4) is 0 Å². The molecule has 5 aliphatic carbocycles. The Balaban J connectivity index is 1.48. The highest BCUT2D eigenvalue weighted by molar-refractivity contribution is 5.87. The Morgan fingerprint density at radius 3 is 2.50 bits per heavy atom. The molecule has 1 aromatic rings. The fourth-order valence-corrected chi connectivity index (χ4v) is 8.96. The molecule has 1 aromatic carbocycles. The van der Waals surface area contributed by atoms with Crippen LogP contribution in [0.4, 0.5) is 0 Å². The molecule has 0 aromatic heterocycles. The van der Waals surface area contributed by atoms with Crippen LogP contribution in [0, 0.1) is 34.0 Å². The van der Waals surface area contributed by atoms with Crippen LogP contribution < -0.4 is 0 Å². The van der Waals surface area contributed by atoms with Crippen molar-refractivity contribution in [2.75, 3.05) is 0 Å². The topological polar surface area (TPSA) is 46.5 Å². The quantitative estimate of drug-likeness (QED) is 0.440. The number of aliphatic hydroxyl groups is 1. The zero-order valence-corrected chi connectivity index (χ0v) is 20.3. The molecule has 5 fully saturated rings. The van der Waals surface area contributed by atoms with Crippen LogP contribution >= 0.6 is 0 Å². The number of hydrogen-bond acceptors (Lipinski definition) is 3. The number of benzene rings is 1. The molecule has 32 heavy (non-hydrogen) atoms. The first-order valence-electron chi connectivity index (χ1n) is 12.7. The van der Waals surface area contributed by atoms with Crippen molar-refractivity contribution in [1.29, 1.82) is 0 Å². The number of hydrogen-bond donors (Lipinski definition) is 1. The Hall–Kier alpha value is -1.61. The lowest BCUT2D eigenvalue weighted by Crippen LogP contribution is -2.69. The molecule has 5 aliphatic rings. The predicted molar refractivity (Wildman–Crippen MR) is 128 cm³/mol. The molecular formula is C29H40O3. The third-order valence-corrected chi connectivity index (χ3v) is 10.4. The molecule has 1 spiro atoms. The highest BCUT2D eigenvalue weighted by Crippen LogP contribution is 2.73. The van der Waals surface area contributed by atoms with Crippen LogP contribution in [-0.4, -0.2) is 22.8 Å². The minimum atomic E-state index is -0.646. The first-order chi connectivity index (χ1) is 15.1. The number of rotatable bonds is 3. The molecule has 3 heteroatoms. The van der Waals surface area contributed by atoms with E-state index in [0.29, 0.717) is 17.8 Å². The number of fused-ring (bicyclic) bond motifs is 3. The molecule has 5 saturated carbocycles. The minimum Gasteiger partial charge on any atom is -0.459 e. The maximum atomic E-state index is 13.0. The van der Waals surface area contributed by atoms with E-state index in [1.807, 2.05) is 43.3 Å². The van der Waals surface area contributed by atoms with Gasteiger partial charge in [0.25, 0.3) is 0 Å². The maximum absolute atomic E-state index is 13.0. The van der Waals surface area contributed by atoms with Crippen molar-refractivity contribution < 1.29 is 14.6 Å². The normalized spacial score (nSPS) is 44.7. The van der Waals surface area contributed by atoms with Gasteiger partial charge in [0.1, 0.15) is 6.10 Å². The fourth-order valence-electron chi connectivity index (χ4n) is 8.96. The minimum absolute atomic E-state index is 0.0901. The monoisotopic (exact) mass is 436 g/mol. The molecule has 2 bridgehead atoms. The second kappa shape index (κ2) is 7.45. The predicted octanol–water partition coefficient (Wildman–Crippen LogP) is 6.41. The molecule has 7 unspecified atom stereocenters. The molecule has 0 amide bonds. The summed E-state index contributed by atoms with van der Waals surface area (Å²) >= 11 is 0. The highest BCUT2D eigenvalue weighted by Gasteiger charge is 2.69. The van der Waals surface area contributed by atoms with Gasteiger partial charge in [0.2, 0.25) is 0 Å². The summed E-state index contributed by atoms with van der Waals surface area (Å²) in [4.78, 5) is 13.0. The summed E-state index contributed by atoms with van der Waals surface area (Å²) in [6.07, 6.45) is 12.1. The summed E-state index contributed by atoms with van der Waals surface area (Å²) in [5, 5.41) is 11.3. The van der Waals surface area contributed by atoms with E-state index in [9.17, 15) is 9.90 Å². The summed E-state index contributed by atoms with van der Waals surface area (Å²) < 4.78 is 6.35. The lowest BCUT2D eigenvalue weighted by atomic mass is 9.35. The van der Waals surface area contributed by atoms with Crippen LogP contribution in [0.15, 0.2) is 36.4 Å². The Kier molecular flexibility index (Phi) is 5.17. The van der Waals surface area contributed by atoms with E-state index < -0.39 is 5.60 Å². The summed E-state index contributed by atoms with van der Waals surface area (Å²) in [5.74, 6) is 1.23. The molecule has 7 atom stereocenters. The smallest absolute Gasteiger partial charge is 0.331 e. The van der Waals surface area contributed by atoms with E-state index in [-0.39, 0.29) is 28.3 Å². The number of carbonyl (C=O) groups excluding carboxylic acids is 1. The number of ether oxygens (including phenoxy) is 1. The summed E-state index contributed by atoms with van der Waals surface area (Å²) in [7, 11) is 0. The van der Waals surface area contributed by atoms with Gasteiger partial charge < -0.3 is 9.84 Å². The summed E-state index contributed by atoms with van der Waals surface area (Å²) in [6.45, 7) is 9.42. The lowest BCUT2D eigenvalue weighted by molar-refractivity contribution is -0.271. The SMILES string of the molecule is CC1(C)CCCC2(C)C1CC(OC(=O)/C=C/c1ccccc1)C13CCC(CC21)C(C)(O)C3. The van der Waals surface area contributed by atoms with Gasteiger partial charge >= 0.3 is 5.97 Å². The van der Waals surface area contributed by atoms with Crippen molar-refractivity contribution in [1.82, 2.24) is 0 Å². The first kappa shape index (κ1) is 22.2. The number of carbonyl (C=O) groups is 1. The Labute approximate surface area is 193 Å². The second-order valence-corrected chi connectivity index (χ2v) is 12.6. The van der Waals surface area contributed by atoms with Crippen LogP contribution in [0.5, 0.6) is 0 Å². The van der Waals surface area contributed by atoms with Gasteiger partial charge in [-0.3, -0.25) is 0 Å². The molecular weight excluding hydrogens is 396 g/mol. The van der Waals surface area contributed by atoms with Crippen LogP contribution in [-0.2, 0) is 9.53 Å². The Bertz CT molecular complexity index is 900. The number of esters is 1. The van der Waals surface area contributed by atoms with Crippen molar-refractivity contribution in [2.24, 2.45) is 34.0 Å². The van der Waals surface area contributed by atoms with Gasteiger partial charge in [-0.05, 0) is 92.1 Å². The molecule has 0 heterocycles. The zero-order valence-electron chi connectivity index (χ0n) is 20.3. The van der Waals surface area contributed by atoms with E-state index in [1.54, 1.807) is 6.08 Å². The van der Waals surface area contributed by atoms with Gasteiger partial charge in [-0.1, -0.05) is 57.5 Å². The molecule has 0 aliphatic heterocycles. The van der Waals surface area contributed by atoms with E-state index in [2.05, 4.69) is 20.8 Å². The average Bonchev–Trinajstić information content (AvgIpc) is 2.73. The third kappa shape index (κ3) is 3.38. The van der Waals surface area contributed by atoms with Gasteiger partial charge in [0.05, 0.1) is 5.60 Å². The van der Waals surface area contributed by atoms with Gasteiger partial charge in [0.15, 0.2) is 0 Å². The van der Waals surface area contributed by atoms with Crippen LogP contribution in [0.2, 0.25) is 0 Å². The molecule has 6 rings (SSSR count). The maximum Gasteiger partial charge on any atom is 0.331 e. The van der Waals surface area contributed by atoms with Crippen molar-refractivity contribution in [2.45, 2.75) is 90.8 Å². The largest absolute Gasteiger partial charge is 0.459 e. The highest BCUT2D eigenvalue weighted by atomic mass is 16.5. The van der Waals surface area contributed by atoms with Gasteiger partial charge in [0, 0.05) is 11.5 Å². The molecule has 0 saturated heterocycles. The van der Waals surface area contributed by atoms with Crippen molar-refractivity contribution in [3.05, 3.63) is 42.0 Å². The van der Waals surface area contributed by atoms with E-state index >= 15 is 0 Å². The lowest BCUT2D eigenvalue weighted by Gasteiger charge is -2.71. The van der Waals surface area contributed by atoms with Crippen molar-refractivity contribution >= 4 is 12.0 Å². The molecule has 174 valence electrons. The van der Waals surface area contributed by atoms with Crippen LogP contribution in [0.25, 0.3) is 6.08 Å². The third-order valence-electron chi connectivity index (χ3n) is 10.4. The zero-order chi connectivity index (χ0) is 22.8.